The summed E-state index contributed by atoms with van der Waals surface area (Å²) in [7, 11) is 0. The van der Waals surface area contributed by atoms with E-state index in [0.29, 0.717) is 48.0 Å². The number of morpholine rings is 1. The Morgan fingerprint density at radius 3 is 2.23 bits per heavy atom. The summed E-state index contributed by atoms with van der Waals surface area (Å²) in [5, 5.41) is 1.12. The Labute approximate surface area is 149 Å². The molecule has 0 N–H and O–H groups in total. The Morgan fingerprint density at radius 1 is 0.885 bits per heavy atom. The van der Waals surface area contributed by atoms with Gasteiger partial charge in [-0.3, -0.25) is 19.0 Å². The number of nitrogens with zero attached hydrogens (tertiary/aromatic N) is 2. The van der Waals surface area contributed by atoms with Gasteiger partial charge < -0.3 is 9.64 Å². The Balaban J connectivity index is 1.97. The van der Waals surface area contributed by atoms with E-state index in [1.54, 1.807) is 53.4 Å². The molecule has 0 aliphatic carbocycles. The molecule has 1 amide bonds. The van der Waals surface area contributed by atoms with Gasteiger partial charge in [0.15, 0.2) is 5.43 Å². The number of carbonyl (C=O) groups excluding carboxylic acids is 1. The fraction of sp³-hybridized carbons (Fsp3) is 0.250. The molecule has 132 valence electrons. The zero-order valence-electron chi connectivity index (χ0n) is 14.2. The van der Waals surface area contributed by atoms with Crippen LogP contribution in [-0.4, -0.2) is 41.7 Å². The van der Waals surface area contributed by atoms with Gasteiger partial charge in [0.05, 0.1) is 24.1 Å². The van der Waals surface area contributed by atoms with Gasteiger partial charge in [0, 0.05) is 23.9 Å². The normalized spacial score (nSPS) is 14.7. The molecule has 0 atom stereocenters. The summed E-state index contributed by atoms with van der Waals surface area (Å²) in [6.07, 6.45) is 0. The first-order valence-electron chi connectivity index (χ1n) is 8.57. The number of fused-ring (bicyclic) bond motifs is 2. The van der Waals surface area contributed by atoms with Crippen LogP contribution in [0.3, 0.4) is 0 Å². The molecule has 1 aliphatic heterocycles. The molecule has 0 bridgehead atoms. The molecular weight excluding hydrogens is 332 g/mol. The summed E-state index contributed by atoms with van der Waals surface area (Å²) in [6.45, 7) is 1.92. The highest BCUT2D eigenvalue weighted by Gasteiger charge is 2.19. The molecule has 3 aromatic rings. The highest BCUT2D eigenvalue weighted by molar-refractivity contribution is 5.91. The molecule has 26 heavy (non-hydrogen) atoms. The van der Waals surface area contributed by atoms with Gasteiger partial charge in [0.1, 0.15) is 6.54 Å². The zero-order valence-corrected chi connectivity index (χ0v) is 14.2. The Bertz CT molecular complexity index is 1110. The largest absolute Gasteiger partial charge is 0.378 e. The maximum atomic E-state index is 13.1. The summed E-state index contributed by atoms with van der Waals surface area (Å²) in [5.74, 6) is -0.150. The van der Waals surface area contributed by atoms with E-state index in [1.807, 2.05) is 0 Å². The molecule has 1 aliphatic rings. The molecule has 0 spiro atoms. The number of rotatable bonds is 2. The van der Waals surface area contributed by atoms with E-state index in [9.17, 15) is 14.4 Å². The van der Waals surface area contributed by atoms with Crippen LogP contribution in [0.15, 0.2) is 58.1 Å². The van der Waals surface area contributed by atoms with Crippen molar-refractivity contribution < 1.29 is 9.53 Å². The standard InChI is InChI=1S/C20H18N2O4/c23-18(21-9-11-26-12-10-21)13-22-17-8-4-3-7-16(17)19(24)14-5-1-2-6-15(14)20(22)25/h1-8H,9-13H2. The highest BCUT2D eigenvalue weighted by atomic mass is 16.5. The van der Waals surface area contributed by atoms with E-state index < -0.39 is 0 Å². The fourth-order valence-electron chi connectivity index (χ4n) is 3.37. The van der Waals surface area contributed by atoms with Crippen LogP contribution >= 0.6 is 0 Å². The average Bonchev–Trinajstić information content (AvgIpc) is 2.79. The molecule has 0 saturated carbocycles. The van der Waals surface area contributed by atoms with Crippen molar-refractivity contribution in [2.75, 3.05) is 26.3 Å². The predicted octanol–water partition coefficient (Wildman–Crippen LogP) is 1.37. The lowest BCUT2D eigenvalue weighted by Gasteiger charge is -2.27. The minimum atomic E-state index is -0.333. The van der Waals surface area contributed by atoms with Crippen LogP contribution in [0.5, 0.6) is 0 Å². The van der Waals surface area contributed by atoms with Crippen LogP contribution in [0.1, 0.15) is 0 Å². The van der Waals surface area contributed by atoms with E-state index >= 15 is 0 Å². The van der Waals surface area contributed by atoms with Crippen molar-refractivity contribution in [3.05, 3.63) is 69.1 Å². The fourth-order valence-corrected chi connectivity index (χ4v) is 3.37. The van der Waals surface area contributed by atoms with Crippen LogP contribution in [0, 0.1) is 0 Å². The lowest BCUT2D eigenvalue weighted by atomic mass is 10.1. The second-order valence-corrected chi connectivity index (χ2v) is 6.28. The lowest BCUT2D eigenvalue weighted by Crippen LogP contribution is -2.43. The van der Waals surface area contributed by atoms with Crippen LogP contribution in [0.25, 0.3) is 21.7 Å². The molecule has 2 aromatic carbocycles. The number of aromatic nitrogens is 1. The predicted molar refractivity (Wildman–Crippen MR) is 99.4 cm³/mol. The van der Waals surface area contributed by atoms with Crippen molar-refractivity contribution in [2.45, 2.75) is 6.54 Å². The van der Waals surface area contributed by atoms with E-state index in [0.717, 1.165) is 0 Å². The van der Waals surface area contributed by atoms with Crippen LogP contribution in [0.4, 0.5) is 0 Å². The highest BCUT2D eigenvalue weighted by Crippen LogP contribution is 2.13. The summed E-state index contributed by atoms with van der Waals surface area (Å²) in [4.78, 5) is 40.5. The lowest BCUT2D eigenvalue weighted by molar-refractivity contribution is -0.135. The van der Waals surface area contributed by atoms with Gasteiger partial charge in [-0.05, 0) is 18.2 Å². The Morgan fingerprint density at radius 2 is 1.50 bits per heavy atom. The summed E-state index contributed by atoms with van der Waals surface area (Å²) in [5.41, 5.74) is -0.0632. The zero-order chi connectivity index (χ0) is 18.1. The molecular formula is C20H18N2O4. The summed E-state index contributed by atoms with van der Waals surface area (Å²) in [6, 6.07) is 13.7. The molecule has 2 heterocycles. The first-order valence-corrected chi connectivity index (χ1v) is 8.57. The van der Waals surface area contributed by atoms with E-state index in [2.05, 4.69) is 0 Å². The maximum absolute atomic E-state index is 13.1. The number of amides is 1. The first-order chi connectivity index (χ1) is 12.7. The minimum absolute atomic E-state index is 0.0997. The first kappa shape index (κ1) is 16.5. The third-order valence-corrected chi connectivity index (χ3v) is 4.74. The number of ether oxygens (including phenoxy) is 1. The van der Waals surface area contributed by atoms with Crippen molar-refractivity contribution >= 4 is 27.6 Å². The average molecular weight is 350 g/mol. The maximum Gasteiger partial charge on any atom is 0.259 e. The van der Waals surface area contributed by atoms with Crippen LogP contribution in [-0.2, 0) is 16.1 Å². The quantitative estimate of drug-likeness (QED) is 0.700. The van der Waals surface area contributed by atoms with Crippen molar-refractivity contribution in [1.29, 1.82) is 0 Å². The number of hydrogen-bond donors (Lipinski definition) is 0. The Hall–Kier alpha value is -2.99. The van der Waals surface area contributed by atoms with E-state index in [-0.39, 0.29) is 23.4 Å². The molecule has 0 unspecified atom stereocenters. The van der Waals surface area contributed by atoms with Crippen molar-refractivity contribution in [3.63, 3.8) is 0 Å². The number of hydrogen-bond acceptors (Lipinski definition) is 4. The van der Waals surface area contributed by atoms with E-state index in [1.165, 1.54) is 4.57 Å². The van der Waals surface area contributed by atoms with Gasteiger partial charge in [0.25, 0.3) is 5.56 Å². The Kier molecular flexibility index (Phi) is 4.26. The van der Waals surface area contributed by atoms with Gasteiger partial charge in [-0.2, -0.15) is 0 Å². The van der Waals surface area contributed by atoms with Gasteiger partial charge >= 0.3 is 0 Å². The summed E-state index contributed by atoms with van der Waals surface area (Å²) >= 11 is 0. The van der Waals surface area contributed by atoms with E-state index in [4.69, 9.17) is 4.74 Å². The second kappa shape index (κ2) is 6.72. The minimum Gasteiger partial charge on any atom is -0.378 e. The SMILES string of the molecule is O=C(Cn1c(=O)c2ccccc2c(=O)c2ccccc21)N1CCOCC1. The van der Waals surface area contributed by atoms with Gasteiger partial charge in [-0.15, -0.1) is 0 Å². The van der Waals surface area contributed by atoms with Crippen molar-refractivity contribution in [2.24, 2.45) is 0 Å². The second-order valence-electron chi connectivity index (χ2n) is 6.28. The topological polar surface area (TPSA) is 68.6 Å². The molecule has 4 rings (SSSR count). The van der Waals surface area contributed by atoms with Gasteiger partial charge in [-0.25, -0.2) is 0 Å². The van der Waals surface area contributed by atoms with Crippen molar-refractivity contribution in [1.82, 2.24) is 9.47 Å². The summed E-state index contributed by atoms with van der Waals surface area (Å²) < 4.78 is 6.69. The molecule has 6 nitrogen and oxygen atoms in total. The monoisotopic (exact) mass is 350 g/mol. The third-order valence-electron chi connectivity index (χ3n) is 4.74. The van der Waals surface area contributed by atoms with Crippen LogP contribution in [0.2, 0.25) is 0 Å². The number of carbonyl (C=O) groups is 1. The number of benzene rings is 2. The molecule has 0 radical (unpaired) electrons. The smallest absolute Gasteiger partial charge is 0.259 e. The number of para-hydroxylation sites is 1. The van der Waals surface area contributed by atoms with Gasteiger partial charge in [0.2, 0.25) is 5.91 Å². The van der Waals surface area contributed by atoms with Crippen molar-refractivity contribution in [3.8, 4) is 0 Å². The van der Waals surface area contributed by atoms with Crippen LogP contribution < -0.4 is 11.0 Å². The molecule has 1 aromatic heterocycles. The molecule has 1 fully saturated rings. The molecule has 6 heteroatoms. The molecule has 1 saturated heterocycles. The third kappa shape index (κ3) is 2.78. The van der Waals surface area contributed by atoms with Gasteiger partial charge in [-0.1, -0.05) is 30.3 Å².